The number of carbonyl (C=O) groups excluding carboxylic acids is 2. The van der Waals surface area contributed by atoms with Crippen molar-refractivity contribution in [3.63, 3.8) is 0 Å². The van der Waals surface area contributed by atoms with Crippen LogP contribution in [-0.4, -0.2) is 38.4 Å². The Morgan fingerprint density at radius 1 is 1.40 bits per heavy atom. The number of amides is 2. The molecule has 0 unspecified atom stereocenters. The molecular formula is C10H8F2N2O5S. The maximum atomic E-state index is 13.7. The number of esters is 1. The van der Waals surface area contributed by atoms with Crippen LogP contribution >= 0.6 is 0 Å². The van der Waals surface area contributed by atoms with E-state index in [0.717, 1.165) is 13.2 Å². The Morgan fingerprint density at radius 3 is 2.65 bits per heavy atom. The van der Waals surface area contributed by atoms with Crippen molar-refractivity contribution in [2.45, 2.75) is 4.90 Å². The molecule has 0 bridgehead atoms. The van der Waals surface area contributed by atoms with Gasteiger partial charge < -0.3 is 10.1 Å². The number of anilines is 1. The Morgan fingerprint density at radius 2 is 2.05 bits per heavy atom. The van der Waals surface area contributed by atoms with E-state index in [1.54, 1.807) is 0 Å². The summed E-state index contributed by atoms with van der Waals surface area (Å²) < 4.78 is 55.3. The molecule has 1 N–H and O–H groups in total. The van der Waals surface area contributed by atoms with E-state index in [0.29, 0.717) is 6.07 Å². The van der Waals surface area contributed by atoms with Crippen LogP contribution in [0.25, 0.3) is 0 Å². The summed E-state index contributed by atoms with van der Waals surface area (Å²) >= 11 is 0. The van der Waals surface area contributed by atoms with Gasteiger partial charge in [0.1, 0.15) is 11.4 Å². The molecule has 108 valence electrons. The normalized spacial score (nSPS) is 16.4. The molecule has 0 atom stereocenters. The van der Waals surface area contributed by atoms with Crippen LogP contribution in [0.1, 0.15) is 0 Å². The number of methoxy groups -OCH3 is 1. The van der Waals surface area contributed by atoms with Gasteiger partial charge in [-0.05, 0) is 12.1 Å². The number of nitrogens with one attached hydrogen (secondary N) is 1. The third kappa shape index (κ3) is 2.07. The molecule has 0 radical (unpaired) electrons. The summed E-state index contributed by atoms with van der Waals surface area (Å²) in [7, 11) is -3.69. The maximum absolute atomic E-state index is 13.7. The van der Waals surface area contributed by atoms with Crippen molar-refractivity contribution < 1.29 is 31.5 Å². The lowest BCUT2D eigenvalue weighted by Crippen LogP contribution is -2.47. The van der Waals surface area contributed by atoms with E-state index < -0.39 is 50.8 Å². The molecule has 1 aromatic rings. The molecule has 20 heavy (non-hydrogen) atoms. The molecule has 0 fully saturated rings. The molecule has 1 aliphatic rings. The molecule has 0 saturated heterocycles. The van der Waals surface area contributed by atoms with E-state index in [9.17, 15) is 26.8 Å². The number of ether oxygens (including phenoxy) is 1. The average molecular weight is 306 g/mol. The Labute approximate surface area is 112 Å². The van der Waals surface area contributed by atoms with Crippen LogP contribution in [0, 0.1) is 11.6 Å². The number of sulfonamides is 1. The largest absolute Gasteiger partial charge is 0.468 e. The minimum atomic E-state index is -4.68. The summed E-state index contributed by atoms with van der Waals surface area (Å²) in [6.07, 6.45) is 0. The van der Waals surface area contributed by atoms with E-state index in [4.69, 9.17) is 0 Å². The number of halogens is 2. The van der Waals surface area contributed by atoms with Crippen LogP contribution in [0.5, 0.6) is 0 Å². The summed E-state index contributed by atoms with van der Waals surface area (Å²) in [4.78, 5) is 21.7. The Bertz CT molecular complexity index is 704. The van der Waals surface area contributed by atoms with E-state index in [1.165, 1.54) is 0 Å². The van der Waals surface area contributed by atoms with Crippen molar-refractivity contribution in [2.24, 2.45) is 0 Å². The van der Waals surface area contributed by atoms with Gasteiger partial charge in [-0.2, -0.15) is 0 Å². The summed E-state index contributed by atoms with van der Waals surface area (Å²) in [5, 5.41) is 2.06. The molecule has 1 aromatic carbocycles. The van der Waals surface area contributed by atoms with Crippen LogP contribution < -0.4 is 5.32 Å². The zero-order valence-corrected chi connectivity index (χ0v) is 10.8. The number of hydrogen-bond donors (Lipinski definition) is 1. The van der Waals surface area contributed by atoms with Gasteiger partial charge >= 0.3 is 12.0 Å². The number of carbonyl (C=O) groups is 2. The molecule has 0 saturated carbocycles. The third-order valence-corrected chi connectivity index (χ3v) is 4.36. The van der Waals surface area contributed by atoms with Crippen LogP contribution in [0.3, 0.4) is 0 Å². The SMILES string of the molecule is COC(=O)CN1C(=O)Nc2ccc(F)c(F)c2S1(=O)=O. The maximum Gasteiger partial charge on any atom is 0.336 e. The molecule has 7 nitrogen and oxygen atoms in total. The van der Waals surface area contributed by atoms with Crippen molar-refractivity contribution in [1.82, 2.24) is 4.31 Å². The van der Waals surface area contributed by atoms with Crippen molar-refractivity contribution >= 4 is 27.7 Å². The molecule has 1 aliphatic heterocycles. The molecular weight excluding hydrogens is 298 g/mol. The van der Waals surface area contributed by atoms with Crippen LogP contribution in [-0.2, 0) is 19.6 Å². The average Bonchev–Trinajstić information content (AvgIpc) is 2.38. The minimum Gasteiger partial charge on any atom is -0.468 e. The monoisotopic (exact) mass is 306 g/mol. The number of nitrogens with zero attached hydrogens (tertiary/aromatic N) is 1. The summed E-state index contributed by atoms with van der Waals surface area (Å²) in [5.41, 5.74) is -0.394. The first-order chi connectivity index (χ1) is 9.28. The first-order valence-corrected chi connectivity index (χ1v) is 6.61. The van der Waals surface area contributed by atoms with E-state index in [2.05, 4.69) is 10.1 Å². The Balaban J connectivity index is 2.59. The first kappa shape index (κ1) is 14.2. The zero-order valence-electron chi connectivity index (χ0n) is 10.0. The lowest BCUT2D eigenvalue weighted by molar-refractivity contribution is -0.140. The van der Waals surface area contributed by atoms with Gasteiger partial charge in [0.2, 0.25) is 0 Å². The van der Waals surface area contributed by atoms with Gasteiger partial charge in [0.15, 0.2) is 11.6 Å². The lowest BCUT2D eigenvalue weighted by Gasteiger charge is -2.28. The fourth-order valence-electron chi connectivity index (χ4n) is 1.62. The molecule has 1 heterocycles. The highest BCUT2D eigenvalue weighted by molar-refractivity contribution is 7.90. The predicted molar refractivity (Wildman–Crippen MR) is 61.3 cm³/mol. The van der Waals surface area contributed by atoms with Gasteiger partial charge in [-0.3, -0.25) is 4.79 Å². The van der Waals surface area contributed by atoms with Gasteiger partial charge in [0.25, 0.3) is 10.0 Å². The van der Waals surface area contributed by atoms with Crippen molar-refractivity contribution in [3.8, 4) is 0 Å². The standard InChI is InChI=1S/C10H8F2N2O5S/c1-19-7(15)4-14-10(16)13-6-3-2-5(11)8(12)9(6)20(14,17)18/h2-3H,4H2,1H3,(H,13,16). The molecule has 0 aromatic heterocycles. The van der Waals surface area contributed by atoms with Crippen LogP contribution in [0.2, 0.25) is 0 Å². The first-order valence-electron chi connectivity index (χ1n) is 5.17. The minimum absolute atomic E-state index is 0.0731. The van der Waals surface area contributed by atoms with Crippen LogP contribution in [0.15, 0.2) is 17.0 Å². The van der Waals surface area contributed by atoms with E-state index >= 15 is 0 Å². The highest BCUT2D eigenvalue weighted by Gasteiger charge is 2.41. The smallest absolute Gasteiger partial charge is 0.336 e. The molecule has 2 rings (SSSR count). The van der Waals surface area contributed by atoms with E-state index in [1.807, 2.05) is 0 Å². The number of fused-ring (bicyclic) bond motifs is 1. The highest BCUT2D eigenvalue weighted by atomic mass is 32.2. The Hall–Kier alpha value is -2.23. The number of hydrogen-bond acceptors (Lipinski definition) is 5. The second-order valence-electron chi connectivity index (χ2n) is 3.76. The van der Waals surface area contributed by atoms with Crippen molar-refractivity contribution in [1.29, 1.82) is 0 Å². The fraction of sp³-hybridized carbons (Fsp3) is 0.200. The van der Waals surface area contributed by atoms with Gasteiger partial charge in [-0.25, -0.2) is 26.3 Å². The van der Waals surface area contributed by atoms with Gasteiger partial charge in [-0.15, -0.1) is 0 Å². The Kier molecular flexibility index (Phi) is 3.34. The number of urea groups is 1. The molecule has 0 spiro atoms. The second kappa shape index (κ2) is 4.71. The number of benzene rings is 1. The van der Waals surface area contributed by atoms with E-state index in [-0.39, 0.29) is 4.31 Å². The van der Waals surface area contributed by atoms with Gasteiger partial charge in [-0.1, -0.05) is 0 Å². The highest BCUT2D eigenvalue weighted by Crippen LogP contribution is 2.33. The quantitative estimate of drug-likeness (QED) is 0.811. The topological polar surface area (TPSA) is 92.8 Å². The summed E-state index contributed by atoms with van der Waals surface area (Å²) in [6.45, 7) is -0.944. The summed E-state index contributed by atoms with van der Waals surface area (Å²) in [6, 6.07) is 0.437. The van der Waals surface area contributed by atoms with Crippen LogP contribution in [0.4, 0.5) is 19.3 Å². The van der Waals surface area contributed by atoms with Gasteiger partial charge in [0, 0.05) is 0 Å². The summed E-state index contributed by atoms with van der Waals surface area (Å²) in [5.74, 6) is -4.04. The molecule has 0 aliphatic carbocycles. The fourth-order valence-corrected chi connectivity index (χ4v) is 3.10. The lowest BCUT2D eigenvalue weighted by atomic mass is 10.3. The molecule has 10 heteroatoms. The van der Waals surface area contributed by atoms with Crippen molar-refractivity contribution in [2.75, 3.05) is 19.0 Å². The second-order valence-corrected chi connectivity index (χ2v) is 5.56. The predicted octanol–water partition coefficient (Wildman–Crippen LogP) is 0.674. The molecule has 2 amide bonds. The van der Waals surface area contributed by atoms with Gasteiger partial charge in [0.05, 0.1) is 12.8 Å². The van der Waals surface area contributed by atoms with Crippen molar-refractivity contribution in [3.05, 3.63) is 23.8 Å². The third-order valence-electron chi connectivity index (χ3n) is 2.57. The zero-order chi connectivity index (χ0) is 15.1. The number of rotatable bonds is 2.